The number of carbonyl (C=O) groups excluding carboxylic acids is 1. The smallest absolute Gasteiger partial charge is 0.254 e. The Hall–Kier alpha value is -2.35. The highest BCUT2D eigenvalue weighted by atomic mass is 16.2. The van der Waals surface area contributed by atoms with E-state index in [0.717, 1.165) is 29.7 Å². The standard InChI is InChI=1S/C22H23NO/c1-22(2)13-18-12-17-10-6-7-11-20(17)23(21(24)19(18)14-22)15-16-8-4-3-5-9-16/h3-11,14,18H,12-13,15H2,1-2H3/t18-/m0/s1. The summed E-state index contributed by atoms with van der Waals surface area (Å²) in [6, 6.07) is 18.6. The molecule has 2 nitrogen and oxygen atoms in total. The van der Waals surface area contributed by atoms with Gasteiger partial charge in [0.05, 0.1) is 6.54 Å². The summed E-state index contributed by atoms with van der Waals surface area (Å²) in [5.74, 6) is 0.522. The van der Waals surface area contributed by atoms with E-state index in [1.165, 1.54) is 5.56 Å². The number of amides is 1. The predicted octanol–water partition coefficient (Wildman–Crippen LogP) is 4.75. The number of allylic oxidation sites excluding steroid dienone is 1. The van der Waals surface area contributed by atoms with E-state index < -0.39 is 0 Å². The zero-order valence-corrected chi connectivity index (χ0v) is 14.3. The van der Waals surface area contributed by atoms with Gasteiger partial charge in [-0.1, -0.05) is 68.5 Å². The lowest BCUT2D eigenvalue weighted by Crippen LogP contribution is -2.31. The number of fused-ring (bicyclic) bond motifs is 2. The first-order valence-electron chi connectivity index (χ1n) is 8.70. The quantitative estimate of drug-likeness (QED) is 0.783. The number of rotatable bonds is 2. The van der Waals surface area contributed by atoms with Crippen LogP contribution in [-0.2, 0) is 17.8 Å². The fourth-order valence-electron chi connectivity index (χ4n) is 4.16. The van der Waals surface area contributed by atoms with Crippen molar-refractivity contribution in [2.45, 2.75) is 33.2 Å². The van der Waals surface area contributed by atoms with Crippen LogP contribution in [0.1, 0.15) is 31.4 Å². The van der Waals surface area contributed by atoms with E-state index in [0.29, 0.717) is 12.5 Å². The van der Waals surface area contributed by atoms with Crippen LogP contribution in [0.4, 0.5) is 5.69 Å². The molecule has 0 fully saturated rings. The Morgan fingerprint density at radius 1 is 1.04 bits per heavy atom. The maximum Gasteiger partial charge on any atom is 0.254 e. The molecule has 0 saturated heterocycles. The van der Waals surface area contributed by atoms with Gasteiger partial charge in [-0.05, 0) is 41.4 Å². The number of carbonyl (C=O) groups is 1. The predicted molar refractivity (Wildman–Crippen MR) is 97.7 cm³/mol. The highest BCUT2D eigenvalue weighted by Gasteiger charge is 2.39. The van der Waals surface area contributed by atoms with Gasteiger partial charge in [0.1, 0.15) is 0 Å². The van der Waals surface area contributed by atoms with Crippen LogP contribution in [0.3, 0.4) is 0 Å². The summed E-state index contributed by atoms with van der Waals surface area (Å²) < 4.78 is 0. The number of para-hydroxylation sites is 1. The molecule has 24 heavy (non-hydrogen) atoms. The summed E-state index contributed by atoms with van der Waals surface area (Å²) in [6.07, 6.45) is 4.23. The third-order valence-corrected chi connectivity index (χ3v) is 5.18. The number of hydrogen-bond acceptors (Lipinski definition) is 1. The van der Waals surface area contributed by atoms with E-state index in [-0.39, 0.29) is 11.3 Å². The number of anilines is 1. The Bertz CT molecular complexity index is 804. The zero-order valence-electron chi connectivity index (χ0n) is 14.3. The average Bonchev–Trinajstić information content (AvgIpc) is 2.83. The van der Waals surface area contributed by atoms with Gasteiger partial charge in [0, 0.05) is 11.3 Å². The molecule has 4 rings (SSSR count). The van der Waals surface area contributed by atoms with Crippen LogP contribution in [0.5, 0.6) is 0 Å². The molecule has 122 valence electrons. The molecule has 1 atom stereocenters. The Morgan fingerprint density at radius 3 is 2.54 bits per heavy atom. The Balaban J connectivity index is 1.79. The minimum absolute atomic E-state index is 0.111. The average molecular weight is 317 g/mol. The molecule has 1 aliphatic heterocycles. The number of benzene rings is 2. The van der Waals surface area contributed by atoms with Crippen LogP contribution in [0, 0.1) is 11.3 Å². The van der Waals surface area contributed by atoms with Gasteiger partial charge in [-0.3, -0.25) is 4.79 Å². The Kier molecular flexibility index (Phi) is 3.56. The van der Waals surface area contributed by atoms with Crippen LogP contribution in [0.25, 0.3) is 0 Å². The SMILES string of the molecule is CC1(C)C=C2C(=O)N(Cc3ccccc3)c3ccccc3C[C@H]2C1. The van der Waals surface area contributed by atoms with Crippen LogP contribution < -0.4 is 4.90 Å². The second-order valence-electron chi connectivity index (χ2n) is 7.70. The Labute approximate surface area is 143 Å². The van der Waals surface area contributed by atoms with E-state index >= 15 is 0 Å². The monoisotopic (exact) mass is 317 g/mol. The summed E-state index contributed by atoms with van der Waals surface area (Å²) in [5.41, 5.74) is 4.64. The lowest BCUT2D eigenvalue weighted by Gasteiger charge is -2.24. The van der Waals surface area contributed by atoms with E-state index in [4.69, 9.17) is 0 Å². The van der Waals surface area contributed by atoms with Crippen LogP contribution in [0.2, 0.25) is 0 Å². The third-order valence-electron chi connectivity index (χ3n) is 5.18. The summed E-state index contributed by atoms with van der Waals surface area (Å²) in [6.45, 7) is 5.09. The van der Waals surface area contributed by atoms with Gasteiger partial charge in [-0.25, -0.2) is 0 Å². The van der Waals surface area contributed by atoms with Crippen LogP contribution >= 0.6 is 0 Å². The van der Waals surface area contributed by atoms with Crippen molar-refractivity contribution in [3.63, 3.8) is 0 Å². The maximum atomic E-state index is 13.3. The molecule has 2 heteroatoms. The third kappa shape index (κ3) is 2.66. The van der Waals surface area contributed by atoms with Crippen molar-refractivity contribution >= 4 is 11.6 Å². The van der Waals surface area contributed by atoms with Gasteiger partial charge in [0.2, 0.25) is 0 Å². The highest BCUT2D eigenvalue weighted by molar-refractivity contribution is 6.07. The van der Waals surface area contributed by atoms with E-state index in [1.807, 2.05) is 29.2 Å². The summed E-state index contributed by atoms with van der Waals surface area (Å²) >= 11 is 0. The topological polar surface area (TPSA) is 20.3 Å². The molecular weight excluding hydrogens is 294 g/mol. The van der Waals surface area contributed by atoms with Crippen molar-refractivity contribution in [1.29, 1.82) is 0 Å². The maximum absolute atomic E-state index is 13.3. The molecule has 2 aromatic rings. The van der Waals surface area contributed by atoms with Gasteiger partial charge in [0.25, 0.3) is 5.91 Å². The van der Waals surface area contributed by atoms with Crippen molar-refractivity contribution in [3.05, 3.63) is 77.4 Å². The molecule has 2 aromatic carbocycles. The lowest BCUT2D eigenvalue weighted by atomic mass is 9.87. The molecule has 0 spiro atoms. The molecule has 1 heterocycles. The second kappa shape index (κ2) is 5.62. The van der Waals surface area contributed by atoms with Gasteiger partial charge in [-0.15, -0.1) is 0 Å². The van der Waals surface area contributed by atoms with Crippen molar-refractivity contribution in [3.8, 4) is 0 Å². The zero-order chi connectivity index (χ0) is 16.7. The van der Waals surface area contributed by atoms with Gasteiger partial charge < -0.3 is 4.90 Å². The fraction of sp³-hybridized carbons (Fsp3) is 0.318. The summed E-state index contributed by atoms with van der Waals surface area (Å²) in [7, 11) is 0. The van der Waals surface area contributed by atoms with Crippen LogP contribution in [-0.4, -0.2) is 5.91 Å². The van der Waals surface area contributed by atoms with E-state index in [9.17, 15) is 4.79 Å². The van der Waals surface area contributed by atoms with E-state index in [1.54, 1.807) is 0 Å². The summed E-state index contributed by atoms with van der Waals surface area (Å²) in [5, 5.41) is 0. The van der Waals surface area contributed by atoms with Crippen LogP contribution in [0.15, 0.2) is 66.2 Å². The molecule has 1 amide bonds. The molecule has 1 aliphatic carbocycles. The lowest BCUT2D eigenvalue weighted by molar-refractivity contribution is -0.115. The first kappa shape index (κ1) is 15.2. The van der Waals surface area contributed by atoms with E-state index in [2.05, 4.69) is 50.3 Å². The van der Waals surface area contributed by atoms with Crippen molar-refractivity contribution in [2.24, 2.45) is 11.3 Å². The molecule has 0 saturated carbocycles. The highest BCUT2D eigenvalue weighted by Crippen LogP contribution is 2.45. The molecule has 0 bridgehead atoms. The minimum Gasteiger partial charge on any atom is -0.304 e. The van der Waals surface area contributed by atoms with Gasteiger partial charge >= 0.3 is 0 Å². The first-order valence-corrected chi connectivity index (χ1v) is 8.70. The second-order valence-corrected chi connectivity index (χ2v) is 7.70. The van der Waals surface area contributed by atoms with Crippen molar-refractivity contribution in [1.82, 2.24) is 0 Å². The molecule has 0 aromatic heterocycles. The van der Waals surface area contributed by atoms with Gasteiger partial charge in [-0.2, -0.15) is 0 Å². The molecule has 0 N–H and O–H groups in total. The Morgan fingerprint density at radius 2 is 1.75 bits per heavy atom. The number of nitrogens with zero attached hydrogens (tertiary/aromatic N) is 1. The van der Waals surface area contributed by atoms with Crippen molar-refractivity contribution in [2.75, 3.05) is 4.90 Å². The molecule has 2 aliphatic rings. The number of hydrogen-bond donors (Lipinski definition) is 0. The minimum atomic E-state index is 0.111. The first-order chi connectivity index (χ1) is 11.5. The van der Waals surface area contributed by atoms with Crippen molar-refractivity contribution < 1.29 is 4.79 Å². The molecular formula is C22H23NO. The normalized spacial score (nSPS) is 21.8. The van der Waals surface area contributed by atoms with Gasteiger partial charge in [0.15, 0.2) is 0 Å². The molecule has 0 radical (unpaired) electrons. The largest absolute Gasteiger partial charge is 0.304 e. The summed E-state index contributed by atoms with van der Waals surface area (Å²) in [4.78, 5) is 15.3. The fourth-order valence-corrected chi connectivity index (χ4v) is 4.16. The molecule has 0 unspecified atom stereocenters.